The van der Waals surface area contributed by atoms with Crippen molar-refractivity contribution in [2.75, 3.05) is 25.5 Å². The molecule has 4 aromatic rings. The number of nitrogens with one attached hydrogen (secondary N) is 1. The number of likely N-dealkylation sites (tertiary alicyclic amines) is 1. The topological polar surface area (TPSA) is 114 Å². The molecule has 0 radical (unpaired) electrons. The molecule has 1 aromatic heterocycles. The molecule has 1 N–H and O–H groups in total. The van der Waals surface area contributed by atoms with Crippen LogP contribution in [0.5, 0.6) is 11.5 Å². The average Bonchev–Trinajstić information content (AvgIpc) is 2.94. The Morgan fingerprint density at radius 3 is 2.62 bits per heavy atom. The van der Waals surface area contributed by atoms with E-state index in [1.165, 1.54) is 12.3 Å². The van der Waals surface area contributed by atoms with Crippen molar-refractivity contribution >= 4 is 39.6 Å². The quantitative estimate of drug-likeness (QED) is 0.199. The van der Waals surface area contributed by atoms with Crippen LogP contribution in [-0.4, -0.2) is 41.0 Å². The van der Waals surface area contributed by atoms with Crippen LogP contribution in [0.4, 0.5) is 17.1 Å². The number of nitro groups is 1. The molecule has 9 nitrogen and oxygen atoms in total. The molecular weight excluding hydrogens is 518 g/mol. The van der Waals surface area contributed by atoms with E-state index in [2.05, 4.69) is 21.3 Å². The van der Waals surface area contributed by atoms with Crippen LogP contribution in [0.1, 0.15) is 24.0 Å². The number of pyridine rings is 1. The predicted octanol–water partition coefficient (Wildman–Crippen LogP) is 6.46. The van der Waals surface area contributed by atoms with Gasteiger partial charge in [0.15, 0.2) is 5.75 Å². The van der Waals surface area contributed by atoms with Gasteiger partial charge in [0.1, 0.15) is 24.5 Å². The summed E-state index contributed by atoms with van der Waals surface area (Å²) in [6, 6.07) is 20.0. The van der Waals surface area contributed by atoms with Crippen molar-refractivity contribution in [3.8, 4) is 17.6 Å². The fraction of sp³-hybridized carbons (Fsp3) is 0.241. The Morgan fingerprint density at radius 2 is 1.92 bits per heavy atom. The van der Waals surface area contributed by atoms with Crippen LogP contribution in [-0.2, 0) is 6.61 Å². The maximum absolute atomic E-state index is 12.0. The number of nitrogens with zero attached hydrogens (tertiary/aromatic N) is 4. The second-order valence-corrected chi connectivity index (χ2v) is 9.83. The Bertz CT molecular complexity index is 1550. The third-order valence-corrected chi connectivity index (χ3v) is 6.96. The molecule has 0 bridgehead atoms. The number of fused-ring (bicyclic) bond motifs is 1. The number of halogens is 1. The van der Waals surface area contributed by atoms with Gasteiger partial charge in [0.25, 0.3) is 0 Å². The summed E-state index contributed by atoms with van der Waals surface area (Å²) in [5, 5.41) is 25.8. The molecule has 1 saturated heterocycles. The number of anilines is 2. The number of piperidine rings is 1. The fourth-order valence-corrected chi connectivity index (χ4v) is 4.76. The van der Waals surface area contributed by atoms with Crippen LogP contribution in [0.2, 0.25) is 5.02 Å². The Balaban J connectivity index is 1.44. The summed E-state index contributed by atoms with van der Waals surface area (Å²) in [4.78, 5) is 18.1. The molecule has 0 unspecified atom stereocenters. The standard InChI is InChI=1S/C29H26ClN5O4/c1-34-11-9-22(10-12-34)39-28-15-25-23(14-26(28)35(36)37)29(20(16-31)17-32-25)33-21-7-8-27(24(30)13-21)38-18-19-5-3-2-4-6-19/h2-8,13-15,17,22H,9-12,18H2,1H3,(H,32,33). The van der Waals surface area contributed by atoms with Crippen molar-refractivity contribution in [1.82, 2.24) is 9.88 Å². The van der Waals surface area contributed by atoms with E-state index in [-0.39, 0.29) is 23.1 Å². The maximum Gasteiger partial charge on any atom is 0.311 e. The van der Waals surface area contributed by atoms with Gasteiger partial charge in [0.2, 0.25) is 0 Å². The number of benzene rings is 3. The van der Waals surface area contributed by atoms with E-state index < -0.39 is 4.92 Å². The van der Waals surface area contributed by atoms with Crippen molar-refractivity contribution in [2.24, 2.45) is 0 Å². The first-order valence-corrected chi connectivity index (χ1v) is 12.9. The number of aromatic nitrogens is 1. The molecule has 0 amide bonds. The number of nitriles is 1. The summed E-state index contributed by atoms with van der Waals surface area (Å²) >= 11 is 6.49. The highest BCUT2D eigenvalue weighted by Crippen LogP contribution is 2.39. The van der Waals surface area contributed by atoms with E-state index in [1.807, 2.05) is 37.4 Å². The summed E-state index contributed by atoms with van der Waals surface area (Å²) < 4.78 is 11.9. The second kappa shape index (κ2) is 11.6. The zero-order valence-electron chi connectivity index (χ0n) is 21.3. The van der Waals surface area contributed by atoms with Crippen LogP contribution in [0.25, 0.3) is 10.9 Å². The lowest BCUT2D eigenvalue weighted by molar-refractivity contribution is -0.386. The number of rotatable bonds is 8. The van der Waals surface area contributed by atoms with Crippen molar-refractivity contribution in [2.45, 2.75) is 25.6 Å². The third kappa shape index (κ3) is 6.03. The van der Waals surface area contributed by atoms with Gasteiger partial charge in [0.05, 0.1) is 26.7 Å². The summed E-state index contributed by atoms with van der Waals surface area (Å²) in [5.74, 6) is 0.686. The van der Waals surface area contributed by atoms with E-state index in [4.69, 9.17) is 21.1 Å². The van der Waals surface area contributed by atoms with E-state index in [0.717, 1.165) is 31.5 Å². The second-order valence-electron chi connectivity index (χ2n) is 9.42. The largest absolute Gasteiger partial charge is 0.487 e. The molecule has 1 aliphatic rings. The normalized spacial score (nSPS) is 14.1. The highest BCUT2D eigenvalue weighted by Gasteiger charge is 2.25. The first-order chi connectivity index (χ1) is 18.9. The van der Waals surface area contributed by atoms with Crippen molar-refractivity contribution in [3.05, 3.63) is 93.1 Å². The van der Waals surface area contributed by atoms with E-state index in [0.29, 0.717) is 39.7 Å². The number of nitro benzene ring substituents is 1. The van der Waals surface area contributed by atoms with Gasteiger partial charge in [-0.05, 0) is 43.7 Å². The first kappa shape index (κ1) is 26.2. The summed E-state index contributed by atoms with van der Waals surface area (Å²) in [6.07, 6.45) is 2.89. The number of hydrogen-bond acceptors (Lipinski definition) is 8. The lowest BCUT2D eigenvalue weighted by atomic mass is 10.1. The Morgan fingerprint density at radius 1 is 1.15 bits per heavy atom. The molecule has 1 aliphatic heterocycles. The maximum atomic E-state index is 12.0. The first-order valence-electron chi connectivity index (χ1n) is 12.5. The minimum absolute atomic E-state index is 0.113. The van der Waals surface area contributed by atoms with E-state index >= 15 is 0 Å². The summed E-state index contributed by atoms with van der Waals surface area (Å²) in [6.45, 7) is 2.09. The molecule has 198 valence electrons. The zero-order valence-corrected chi connectivity index (χ0v) is 22.0. The lowest BCUT2D eigenvalue weighted by Crippen LogP contribution is -2.35. The molecule has 39 heavy (non-hydrogen) atoms. The van der Waals surface area contributed by atoms with Crippen LogP contribution in [0, 0.1) is 21.4 Å². The van der Waals surface area contributed by atoms with Gasteiger partial charge in [-0.1, -0.05) is 41.9 Å². The third-order valence-electron chi connectivity index (χ3n) is 6.66. The van der Waals surface area contributed by atoms with Gasteiger partial charge in [-0.3, -0.25) is 15.1 Å². The molecule has 5 rings (SSSR count). The Hall–Kier alpha value is -4.39. The van der Waals surface area contributed by atoms with Crippen molar-refractivity contribution < 1.29 is 14.4 Å². The molecule has 2 heterocycles. The highest BCUT2D eigenvalue weighted by molar-refractivity contribution is 6.32. The number of ether oxygens (including phenoxy) is 2. The van der Waals surface area contributed by atoms with Crippen molar-refractivity contribution in [3.63, 3.8) is 0 Å². The lowest BCUT2D eigenvalue weighted by Gasteiger charge is -2.29. The zero-order chi connectivity index (χ0) is 27.4. The SMILES string of the molecule is CN1CCC(Oc2cc3ncc(C#N)c(Nc4ccc(OCc5ccccc5)c(Cl)c4)c3cc2[N+](=O)[O-])CC1. The molecule has 0 spiro atoms. The molecule has 1 fully saturated rings. The van der Waals surface area contributed by atoms with Crippen LogP contribution < -0.4 is 14.8 Å². The average molecular weight is 544 g/mol. The minimum Gasteiger partial charge on any atom is -0.487 e. The van der Waals surface area contributed by atoms with Gasteiger partial charge in [-0.15, -0.1) is 0 Å². The summed E-state index contributed by atoms with van der Waals surface area (Å²) in [5.41, 5.74) is 2.53. The van der Waals surface area contributed by atoms with Gasteiger partial charge >= 0.3 is 5.69 Å². The van der Waals surface area contributed by atoms with Gasteiger partial charge < -0.3 is 19.7 Å². The molecule has 0 saturated carbocycles. The van der Waals surface area contributed by atoms with E-state index in [9.17, 15) is 15.4 Å². The molecule has 3 aromatic carbocycles. The summed E-state index contributed by atoms with van der Waals surface area (Å²) in [7, 11) is 2.04. The van der Waals surface area contributed by atoms with Crippen LogP contribution in [0.3, 0.4) is 0 Å². The van der Waals surface area contributed by atoms with Crippen LogP contribution >= 0.6 is 11.6 Å². The van der Waals surface area contributed by atoms with Gasteiger partial charge in [-0.25, -0.2) is 0 Å². The van der Waals surface area contributed by atoms with Crippen LogP contribution in [0.15, 0.2) is 66.9 Å². The smallest absolute Gasteiger partial charge is 0.311 e. The molecule has 0 atom stereocenters. The van der Waals surface area contributed by atoms with E-state index in [1.54, 1.807) is 24.3 Å². The molecule has 0 aliphatic carbocycles. The monoisotopic (exact) mass is 543 g/mol. The van der Waals surface area contributed by atoms with Crippen molar-refractivity contribution in [1.29, 1.82) is 5.26 Å². The minimum atomic E-state index is -0.470. The Kier molecular flexibility index (Phi) is 7.77. The number of hydrogen-bond donors (Lipinski definition) is 1. The Labute approximate surface area is 230 Å². The molecular formula is C29H26ClN5O4. The molecule has 10 heteroatoms. The van der Waals surface area contributed by atoms with Gasteiger partial charge in [0, 0.05) is 42.5 Å². The van der Waals surface area contributed by atoms with Gasteiger partial charge in [-0.2, -0.15) is 5.26 Å². The highest BCUT2D eigenvalue weighted by atomic mass is 35.5. The predicted molar refractivity (Wildman–Crippen MR) is 150 cm³/mol. The fourth-order valence-electron chi connectivity index (χ4n) is 4.52.